The van der Waals surface area contributed by atoms with E-state index < -0.39 is 21.9 Å². The maximum atomic E-state index is 12.6. The molecule has 182 valence electrons. The molecule has 0 saturated heterocycles. The summed E-state index contributed by atoms with van der Waals surface area (Å²) in [6, 6.07) is 7.77. The first-order valence-corrected chi connectivity index (χ1v) is 12.4. The number of hydrogen-bond acceptors (Lipinski definition) is 8. The van der Waals surface area contributed by atoms with E-state index in [4.69, 9.17) is 9.47 Å². The van der Waals surface area contributed by atoms with Crippen LogP contribution in [0.3, 0.4) is 0 Å². The molecule has 1 aliphatic carbocycles. The van der Waals surface area contributed by atoms with E-state index in [1.54, 1.807) is 0 Å². The highest BCUT2D eigenvalue weighted by Crippen LogP contribution is 2.21. The molecule has 2 aromatic rings. The number of aromatic nitrogens is 1. The molecule has 1 aromatic heterocycles. The van der Waals surface area contributed by atoms with Gasteiger partial charge in [-0.2, -0.15) is 0 Å². The molecule has 2 amide bonds. The predicted molar refractivity (Wildman–Crippen MR) is 122 cm³/mol. The van der Waals surface area contributed by atoms with Gasteiger partial charge in [-0.1, -0.05) is 6.42 Å². The van der Waals surface area contributed by atoms with Crippen LogP contribution in [0, 0.1) is 0 Å². The van der Waals surface area contributed by atoms with Crippen LogP contribution >= 0.6 is 0 Å². The SMILES string of the molecule is COCCNC(=O)c1ccc(S(=O)(=O)NC(=O)c2ccc(C(=O)OC3CCCCC3)nc2)cc1. The Balaban J connectivity index is 1.59. The summed E-state index contributed by atoms with van der Waals surface area (Å²) in [6.45, 7) is 0.665. The molecular weight excluding hydrogens is 462 g/mol. The van der Waals surface area contributed by atoms with Crippen LogP contribution in [-0.2, 0) is 19.5 Å². The van der Waals surface area contributed by atoms with Gasteiger partial charge in [0.15, 0.2) is 0 Å². The smallest absolute Gasteiger partial charge is 0.357 e. The fraction of sp³-hybridized carbons (Fsp3) is 0.391. The fourth-order valence-electron chi connectivity index (χ4n) is 3.44. The topological polar surface area (TPSA) is 141 Å². The second-order valence-corrected chi connectivity index (χ2v) is 9.49. The number of hydrogen-bond donors (Lipinski definition) is 2. The fourth-order valence-corrected chi connectivity index (χ4v) is 4.41. The number of esters is 1. The Morgan fingerprint density at radius 2 is 1.65 bits per heavy atom. The number of carbonyl (C=O) groups excluding carboxylic acids is 3. The monoisotopic (exact) mass is 489 g/mol. The molecule has 1 aliphatic rings. The molecule has 10 nitrogen and oxygen atoms in total. The van der Waals surface area contributed by atoms with Crippen molar-refractivity contribution in [3.63, 3.8) is 0 Å². The summed E-state index contributed by atoms with van der Waals surface area (Å²) < 4.78 is 37.4. The number of sulfonamides is 1. The van der Waals surface area contributed by atoms with E-state index in [1.807, 2.05) is 4.72 Å². The molecule has 0 radical (unpaired) electrons. The van der Waals surface area contributed by atoms with Gasteiger partial charge in [-0.05, 0) is 62.1 Å². The lowest BCUT2D eigenvalue weighted by molar-refractivity contribution is 0.0204. The molecule has 0 unspecified atom stereocenters. The van der Waals surface area contributed by atoms with E-state index in [1.165, 1.54) is 43.5 Å². The number of pyridine rings is 1. The molecule has 0 bridgehead atoms. The molecule has 2 N–H and O–H groups in total. The number of benzene rings is 1. The summed E-state index contributed by atoms with van der Waals surface area (Å²) in [7, 11) is -2.68. The van der Waals surface area contributed by atoms with Gasteiger partial charge < -0.3 is 14.8 Å². The number of nitrogens with zero attached hydrogens (tertiary/aromatic N) is 1. The molecule has 0 spiro atoms. The van der Waals surface area contributed by atoms with Crippen molar-refractivity contribution in [3.05, 3.63) is 59.4 Å². The zero-order chi connectivity index (χ0) is 24.6. The number of rotatable bonds is 9. The molecule has 3 rings (SSSR count). The van der Waals surface area contributed by atoms with Crippen LogP contribution in [0.25, 0.3) is 0 Å². The first-order valence-electron chi connectivity index (χ1n) is 10.9. The van der Waals surface area contributed by atoms with Gasteiger partial charge in [0, 0.05) is 25.4 Å². The van der Waals surface area contributed by atoms with E-state index >= 15 is 0 Å². The number of methoxy groups -OCH3 is 1. The van der Waals surface area contributed by atoms with Crippen LogP contribution < -0.4 is 10.0 Å². The maximum absolute atomic E-state index is 12.6. The van der Waals surface area contributed by atoms with Crippen molar-refractivity contribution in [3.8, 4) is 0 Å². The van der Waals surface area contributed by atoms with E-state index in [-0.39, 0.29) is 33.7 Å². The molecule has 1 saturated carbocycles. The lowest BCUT2D eigenvalue weighted by Gasteiger charge is -2.21. The minimum atomic E-state index is -4.19. The standard InChI is InChI=1S/C23H27N3O7S/c1-32-14-13-24-21(27)16-7-10-19(11-8-16)34(30,31)26-22(28)17-9-12-20(25-15-17)23(29)33-18-5-3-2-4-6-18/h7-12,15,18H,2-6,13-14H2,1H3,(H,24,27)(H,26,28). The molecule has 0 atom stereocenters. The first-order chi connectivity index (χ1) is 16.3. The molecule has 1 fully saturated rings. The van der Waals surface area contributed by atoms with Crippen LogP contribution in [0.5, 0.6) is 0 Å². The Labute approximate surface area is 198 Å². The lowest BCUT2D eigenvalue weighted by atomic mass is 9.98. The number of carbonyl (C=O) groups is 3. The lowest BCUT2D eigenvalue weighted by Crippen LogP contribution is -2.31. The number of ether oxygens (including phenoxy) is 2. The molecule has 1 heterocycles. The van der Waals surface area contributed by atoms with Crippen molar-refractivity contribution in [2.75, 3.05) is 20.3 Å². The van der Waals surface area contributed by atoms with Crippen molar-refractivity contribution in [2.45, 2.75) is 43.1 Å². The third kappa shape index (κ3) is 6.84. The van der Waals surface area contributed by atoms with Crippen molar-refractivity contribution < 1.29 is 32.3 Å². The Kier molecular flexibility index (Phi) is 8.72. The average molecular weight is 490 g/mol. The summed E-state index contributed by atoms with van der Waals surface area (Å²) in [5.74, 6) is -1.85. The number of nitrogens with one attached hydrogen (secondary N) is 2. The van der Waals surface area contributed by atoms with E-state index in [0.717, 1.165) is 38.3 Å². The van der Waals surface area contributed by atoms with Crippen LogP contribution in [0.4, 0.5) is 0 Å². The van der Waals surface area contributed by atoms with E-state index in [2.05, 4.69) is 10.3 Å². The Morgan fingerprint density at radius 1 is 0.971 bits per heavy atom. The number of amides is 2. The molecule has 34 heavy (non-hydrogen) atoms. The van der Waals surface area contributed by atoms with Gasteiger partial charge in [0.05, 0.1) is 17.1 Å². The minimum Gasteiger partial charge on any atom is -0.458 e. The van der Waals surface area contributed by atoms with Crippen LogP contribution in [0.1, 0.15) is 63.3 Å². The highest BCUT2D eigenvalue weighted by atomic mass is 32.2. The minimum absolute atomic E-state index is 0.0352. The van der Waals surface area contributed by atoms with Crippen LogP contribution in [0.2, 0.25) is 0 Å². The highest BCUT2D eigenvalue weighted by molar-refractivity contribution is 7.90. The van der Waals surface area contributed by atoms with Crippen LogP contribution in [-0.4, -0.2) is 57.6 Å². The first kappa shape index (κ1) is 25.3. The third-order valence-electron chi connectivity index (χ3n) is 5.31. The second kappa shape index (κ2) is 11.7. The summed E-state index contributed by atoms with van der Waals surface area (Å²) in [5, 5.41) is 2.62. The largest absolute Gasteiger partial charge is 0.458 e. The Morgan fingerprint density at radius 3 is 2.26 bits per heavy atom. The van der Waals surface area contributed by atoms with Crippen molar-refractivity contribution >= 4 is 27.8 Å². The van der Waals surface area contributed by atoms with Crippen molar-refractivity contribution in [2.24, 2.45) is 0 Å². The third-order valence-corrected chi connectivity index (χ3v) is 6.65. The van der Waals surface area contributed by atoms with Gasteiger partial charge >= 0.3 is 5.97 Å². The molecular formula is C23H27N3O7S. The van der Waals surface area contributed by atoms with Crippen molar-refractivity contribution in [1.29, 1.82) is 0 Å². The Hall–Kier alpha value is -3.31. The second-order valence-electron chi connectivity index (χ2n) is 7.81. The summed E-state index contributed by atoms with van der Waals surface area (Å²) in [5.41, 5.74) is 0.276. The van der Waals surface area contributed by atoms with Gasteiger partial charge in [-0.3, -0.25) is 9.59 Å². The average Bonchev–Trinajstić information content (AvgIpc) is 2.84. The summed E-state index contributed by atoms with van der Waals surface area (Å²) >= 11 is 0. The quantitative estimate of drug-likeness (QED) is 0.403. The highest BCUT2D eigenvalue weighted by Gasteiger charge is 2.22. The Bertz CT molecular complexity index is 1110. The van der Waals surface area contributed by atoms with E-state index in [0.29, 0.717) is 13.2 Å². The molecule has 0 aliphatic heterocycles. The van der Waals surface area contributed by atoms with Crippen LogP contribution in [0.15, 0.2) is 47.5 Å². The van der Waals surface area contributed by atoms with Gasteiger partial charge in [0.1, 0.15) is 11.8 Å². The summed E-state index contributed by atoms with van der Waals surface area (Å²) in [6.07, 6.45) is 5.81. The van der Waals surface area contributed by atoms with E-state index in [9.17, 15) is 22.8 Å². The normalized spacial score (nSPS) is 14.3. The zero-order valence-corrected chi connectivity index (χ0v) is 19.6. The predicted octanol–water partition coefficient (Wildman–Crippen LogP) is 2.07. The summed E-state index contributed by atoms with van der Waals surface area (Å²) in [4.78, 5) is 40.4. The molecule has 11 heteroatoms. The maximum Gasteiger partial charge on any atom is 0.357 e. The van der Waals surface area contributed by atoms with Gasteiger partial charge in [0.2, 0.25) is 0 Å². The van der Waals surface area contributed by atoms with Gasteiger partial charge in [-0.15, -0.1) is 0 Å². The zero-order valence-electron chi connectivity index (χ0n) is 18.8. The van der Waals surface area contributed by atoms with Crippen molar-refractivity contribution in [1.82, 2.24) is 15.0 Å². The van der Waals surface area contributed by atoms with Gasteiger partial charge in [0.25, 0.3) is 21.8 Å². The molecule has 1 aromatic carbocycles. The van der Waals surface area contributed by atoms with Gasteiger partial charge in [-0.25, -0.2) is 22.9 Å².